The number of benzene rings is 1. The van der Waals surface area contributed by atoms with E-state index < -0.39 is 18.8 Å². The molecule has 1 aromatic carbocycles. The van der Waals surface area contributed by atoms with Crippen molar-refractivity contribution in [2.45, 2.75) is 6.18 Å². The molecule has 0 fully saturated rings. The van der Waals surface area contributed by atoms with Gasteiger partial charge in [0.05, 0.1) is 19.3 Å². The number of alkyl halides is 3. The lowest BCUT2D eigenvalue weighted by atomic mass is 10.2. The van der Waals surface area contributed by atoms with Crippen molar-refractivity contribution in [1.82, 2.24) is 0 Å². The maximum absolute atomic E-state index is 11.8. The molecule has 8 heteroatoms. The zero-order chi connectivity index (χ0) is 15.2. The van der Waals surface area contributed by atoms with Gasteiger partial charge in [0.25, 0.3) is 0 Å². The Morgan fingerprint density at radius 3 is 2.60 bits per heavy atom. The molecule has 20 heavy (non-hydrogen) atoms. The molecular formula is C12H14F3NO4. The van der Waals surface area contributed by atoms with Crippen molar-refractivity contribution in [2.75, 3.05) is 32.7 Å². The maximum atomic E-state index is 11.8. The number of carbonyl (C=O) groups is 1. The molecule has 5 nitrogen and oxygen atoms in total. The zero-order valence-electron chi connectivity index (χ0n) is 10.7. The second kappa shape index (κ2) is 6.99. The first-order valence-corrected chi connectivity index (χ1v) is 5.58. The van der Waals surface area contributed by atoms with Crippen LogP contribution in [0.5, 0.6) is 5.75 Å². The Morgan fingerprint density at radius 1 is 1.30 bits per heavy atom. The number of anilines is 1. The Balaban J connectivity index is 2.43. The van der Waals surface area contributed by atoms with Crippen LogP contribution in [0, 0.1) is 0 Å². The van der Waals surface area contributed by atoms with Gasteiger partial charge in [-0.15, -0.1) is 0 Å². The molecule has 0 aliphatic rings. The summed E-state index contributed by atoms with van der Waals surface area (Å²) >= 11 is 0. The van der Waals surface area contributed by atoms with Gasteiger partial charge in [0.1, 0.15) is 19.0 Å². The number of esters is 1. The largest absolute Gasteiger partial charge is 0.497 e. The average Bonchev–Trinajstić information content (AvgIpc) is 2.37. The van der Waals surface area contributed by atoms with Crippen LogP contribution < -0.4 is 10.5 Å². The molecule has 0 saturated heterocycles. The van der Waals surface area contributed by atoms with E-state index in [4.69, 9.17) is 15.2 Å². The second-order valence-corrected chi connectivity index (χ2v) is 3.76. The predicted molar refractivity (Wildman–Crippen MR) is 64.6 cm³/mol. The van der Waals surface area contributed by atoms with E-state index in [-0.39, 0.29) is 24.5 Å². The van der Waals surface area contributed by atoms with Gasteiger partial charge in [0, 0.05) is 5.69 Å². The highest BCUT2D eigenvalue weighted by atomic mass is 19.4. The van der Waals surface area contributed by atoms with Crippen molar-refractivity contribution < 1.29 is 32.2 Å². The SMILES string of the molecule is COc1ccc(N)c(C(=O)OCCOCC(F)(F)F)c1. The molecule has 0 aliphatic carbocycles. The summed E-state index contributed by atoms with van der Waals surface area (Å²) in [6.07, 6.45) is -4.40. The minimum atomic E-state index is -4.40. The fraction of sp³-hybridized carbons (Fsp3) is 0.417. The van der Waals surface area contributed by atoms with Gasteiger partial charge >= 0.3 is 12.1 Å². The highest BCUT2D eigenvalue weighted by molar-refractivity contribution is 5.95. The van der Waals surface area contributed by atoms with E-state index in [1.165, 1.54) is 19.2 Å². The highest BCUT2D eigenvalue weighted by Crippen LogP contribution is 2.20. The normalized spacial score (nSPS) is 11.2. The number of nitrogen functional groups attached to an aromatic ring is 1. The van der Waals surface area contributed by atoms with Crippen molar-refractivity contribution in [1.29, 1.82) is 0 Å². The molecule has 0 saturated carbocycles. The van der Waals surface area contributed by atoms with Crippen LogP contribution >= 0.6 is 0 Å². The summed E-state index contributed by atoms with van der Waals surface area (Å²) in [6, 6.07) is 4.42. The number of carbonyl (C=O) groups excluding carboxylic acids is 1. The van der Waals surface area contributed by atoms with Crippen LogP contribution in [0.15, 0.2) is 18.2 Å². The first kappa shape index (κ1) is 16.1. The summed E-state index contributed by atoms with van der Waals surface area (Å²) in [5, 5.41) is 0. The average molecular weight is 293 g/mol. The monoisotopic (exact) mass is 293 g/mol. The lowest BCUT2D eigenvalue weighted by Gasteiger charge is -2.10. The zero-order valence-corrected chi connectivity index (χ0v) is 10.7. The summed E-state index contributed by atoms with van der Waals surface area (Å²) < 4.78 is 49.3. The fourth-order valence-corrected chi connectivity index (χ4v) is 1.30. The number of hydrogen-bond acceptors (Lipinski definition) is 5. The van der Waals surface area contributed by atoms with Crippen molar-refractivity contribution in [3.63, 3.8) is 0 Å². The molecule has 2 N–H and O–H groups in total. The maximum Gasteiger partial charge on any atom is 0.411 e. The Bertz CT molecular complexity index is 463. The molecule has 1 rings (SSSR count). The van der Waals surface area contributed by atoms with Gasteiger partial charge < -0.3 is 19.9 Å². The summed E-state index contributed by atoms with van der Waals surface area (Å²) in [4.78, 5) is 11.7. The second-order valence-electron chi connectivity index (χ2n) is 3.76. The third-order valence-corrected chi connectivity index (χ3v) is 2.21. The van der Waals surface area contributed by atoms with Crippen LogP contribution in [-0.2, 0) is 9.47 Å². The minimum Gasteiger partial charge on any atom is -0.497 e. The molecule has 0 aliphatic heterocycles. The Labute approximate surface area is 113 Å². The van der Waals surface area contributed by atoms with Gasteiger partial charge in [-0.05, 0) is 18.2 Å². The molecule has 0 amide bonds. The molecule has 0 heterocycles. The Kier molecular flexibility index (Phi) is 5.63. The van der Waals surface area contributed by atoms with E-state index >= 15 is 0 Å². The third-order valence-electron chi connectivity index (χ3n) is 2.21. The van der Waals surface area contributed by atoms with Gasteiger partial charge in [-0.25, -0.2) is 4.79 Å². The minimum absolute atomic E-state index is 0.0835. The molecule has 112 valence electrons. The van der Waals surface area contributed by atoms with Gasteiger partial charge in [-0.1, -0.05) is 0 Å². The van der Waals surface area contributed by atoms with Crippen LogP contribution in [0.4, 0.5) is 18.9 Å². The van der Waals surface area contributed by atoms with Gasteiger partial charge in [-0.3, -0.25) is 0 Å². The van der Waals surface area contributed by atoms with Crippen LogP contribution in [-0.4, -0.2) is 39.1 Å². The van der Waals surface area contributed by atoms with Gasteiger partial charge in [-0.2, -0.15) is 13.2 Å². The summed E-state index contributed by atoms with van der Waals surface area (Å²) in [5.41, 5.74) is 5.87. The first-order chi connectivity index (χ1) is 9.33. The van der Waals surface area contributed by atoms with E-state index in [2.05, 4.69) is 4.74 Å². The Hall–Kier alpha value is -1.96. The van der Waals surface area contributed by atoms with Crippen molar-refractivity contribution in [3.05, 3.63) is 23.8 Å². The number of ether oxygens (including phenoxy) is 3. The van der Waals surface area contributed by atoms with E-state index in [1.807, 2.05) is 0 Å². The van der Waals surface area contributed by atoms with Gasteiger partial charge in [0.15, 0.2) is 0 Å². The van der Waals surface area contributed by atoms with Crippen molar-refractivity contribution >= 4 is 11.7 Å². The molecule has 0 bridgehead atoms. The predicted octanol–water partition coefficient (Wildman–Crippen LogP) is 2.01. The van der Waals surface area contributed by atoms with Gasteiger partial charge in [0.2, 0.25) is 0 Å². The molecule has 0 unspecified atom stereocenters. The Morgan fingerprint density at radius 2 is 2.00 bits per heavy atom. The number of methoxy groups -OCH3 is 1. The van der Waals surface area contributed by atoms with E-state index in [0.29, 0.717) is 5.75 Å². The first-order valence-electron chi connectivity index (χ1n) is 5.58. The van der Waals surface area contributed by atoms with Crippen molar-refractivity contribution in [3.8, 4) is 5.75 Å². The van der Waals surface area contributed by atoms with E-state index in [0.717, 1.165) is 0 Å². The molecule has 0 aromatic heterocycles. The van der Waals surface area contributed by atoms with Crippen LogP contribution in [0.3, 0.4) is 0 Å². The van der Waals surface area contributed by atoms with E-state index in [1.54, 1.807) is 6.07 Å². The number of nitrogens with two attached hydrogens (primary N) is 1. The highest BCUT2D eigenvalue weighted by Gasteiger charge is 2.27. The number of hydrogen-bond donors (Lipinski definition) is 1. The number of halogens is 3. The van der Waals surface area contributed by atoms with Crippen LogP contribution in [0.25, 0.3) is 0 Å². The smallest absolute Gasteiger partial charge is 0.411 e. The summed E-state index contributed by atoms with van der Waals surface area (Å²) in [6.45, 7) is -2.04. The third kappa shape index (κ3) is 5.35. The lowest BCUT2D eigenvalue weighted by molar-refractivity contribution is -0.175. The van der Waals surface area contributed by atoms with Crippen molar-refractivity contribution in [2.24, 2.45) is 0 Å². The molecule has 0 spiro atoms. The summed E-state index contributed by atoms with van der Waals surface area (Å²) in [5.74, 6) is -0.337. The topological polar surface area (TPSA) is 70.8 Å². The molecule has 1 aromatic rings. The molecule has 0 atom stereocenters. The van der Waals surface area contributed by atoms with E-state index in [9.17, 15) is 18.0 Å². The standard InChI is InChI=1S/C12H14F3NO4/c1-18-8-2-3-10(16)9(6-8)11(17)20-5-4-19-7-12(13,14)15/h2-3,6H,4-5,7,16H2,1H3. The molecule has 0 radical (unpaired) electrons. The fourth-order valence-electron chi connectivity index (χ4n) is 1.30. The number of rotatable bonds is 6. The lowest BCUT2D eigenvalue weighted by Crippen LogP contribution is -2.20. The molecular weight excluding hydrogens is 279 g/mol. The quantitative estimate of drug-likeness (QED) is 0.493. The van der Waals surface area contributed by atoms with Crippen LogP contribution in [0.2, 0.25) is 0 Å². The summed E-state index contributed by atoms with van der Waals surface area (Å²) in [7, 11) is 1.42. The van der Waals surface area contributed by atoms with Crippen LogP contribution in [0.1, 0.15) is 10.4 Å².